The maximum Gasteiger partial charge on any atom is 0.306 e. The summed E-state index contributed by atoms with van der Waals surface area (Å²) in [6.45, 7) is 6.60. The van der Waals surface area contributed by atoms with Crippen LogP contribution in [0.1, 0.15) is 271 Å². The summed E-state index contributed by atoms with van der Waals surface area (Å²) in [5.74, 6) is -0.877. The highest BCUT2D eigenvalue weighted by Crippen LogP contribution is 2.15. The van der Waals surface area contributed by atoms with Crippen LogP contribution >= 0.6 is 0 Å². The zero-order valence-electron chi connectivity index (χ0n) is 38.8. The first kappa shape index (κ1) is 55.9. The molecule has 6 heteroatoms. The van der Waals surface area contributed by atoms with Gasteiger partial charge >= 0.3 is 17.9 Å². The molecule has 0 fully saturated rings. The average molecular weight is 817 g/mol. The molecule has 0 bridgehead atoms. The Morgan fingerprint density at radius 1 is 0.328 bits per heavy atom. The lowest BCUT2D eigenvalue weighted by Crippen LogP contribution is -2.30. The first-order valence-electron chi connectivity index (χ1n) is 25.3. The van der Waals surface area contributed by atoms with Gasteiger partial charge in [-0.25, -0.2) is 0 Å². The van der Waals surface area contributed by atoms with Gasteiger partial charge < -0.3 is 14.2 Å². The van der Waals surface area contributed by atoms with Crippen molar-refractivity contribution in [1.82, 2.24) is 0 Å². The van der Waals surface area contributed by atoms with Crippen molar-refractivity contribution < 1.29 is 28.6 Å². The van der Waals surface area contributed by atoms with E-state index in [2.05, 4.69) is 45.1 Å². The molecule has 0 aliphatic rings. The number of carbonyl (C=O) groups excluding carboxylic acids is 3. The Hall–Kier alpha value is -2.11. The quantitative estimate of drug-likeness (QED) is 0.0263. The second-order valence-corrected chi connectivity index (χ2v) is 17.1. The van der Waals surface area contributed by atoms with Crippen LogP contribution in [0.4, 0.5) is 0 Å². The molecular weight excluding hydrogens is 721 g/mol. The Morgan fingerprint density at radius 3 is 0.914 bits per heavy atom. The van der Waals surface area contributed by atoms with E-state index in [1.807, 2.05) is 0 Å². The minimum atomic E-state index is -0.771. The van der Waals surface area contributed by atoms with E-state index >= 15 is 0 Å². The summed E-state index contributed by atoms with van der Waals surface area (Å²) >= 11 is 0. The van der Waals surface area contributed by atoms with Gasteiger partial charge in [0.1, 0.15) is 13.2 Å². The van der Waals surface area contributed by atoms with E-state index in [9.17, 15) is 14.4 Å². The molecule has 0 aromatic rings. The van der Waals surface area contributed by atoms with Crippen LogP contribution in [0.15, 0.2) is 24.3 Å². The summed E-state index contributed by atoms with van der Waals surface area (Å²) in [6.07, 6.45) is 53.0. The lowest BCUT2D eigenvalue weighted by molar-refractivity contribution is -0.167. The number of carbonyl (C=O) groups is 3. The van der Waals surface area contributed by atoms with Gasteiger partial charge in [-0.3, -0.25) is 14.4 Å². The van der Waals surface area contributed by atoms with Crippen molar-refractivity contribution in [3.8, 4) is 0 Å². The van der Waals surface area contributed by atoms with Gasteiger partial charge in [-0.15, -0.1) is 0 Å². The molecule has 0 unspecified atom stereocenters. The number of ether oxygens (including phenoxy) is 3. The Morgan fingerprint density at radius 2 is 0.586 bits per heavy atom. The van der Waals surface area contributed by atoms with Crippen molar-refractivity contribution in [2.24, 2.45) is 0 Å². The number of rotatable bonds is 46. The van der Waals surface area contributed by atoms with Gasteiger partial charge in [0.15, 0.2) is 6.10 Å². The molecule has 0 saturated carbocycles. The molecular formula is C52H96O6. The van der Waals surface area contributed by atoms with E-state index in [0.29, 0.717) is 19.3 Å². The molecule has 0 spiro atoms. The summed E-state index contributed by atoms with van der Waals surface area (Å²) in [6, 6.07) is 0. The van der Waals surface area contributed by atoms with Crippen molar-refractivity contribution in [3.05, 3.63) is 24.3 Å². The van der Waals surface area contributed by atoms with E-state index in [1.54, 1.807) is 0 Å². The third-order valence-corrected chi connectivity index (χ3v) is 11.2. The number of hydrogen-bond donors (Lipinski definition) is 0. The molecule has 0 N–H and O–H groups in total. The van der Waals surface area contributed by atoms with Crippen molar-refractivity contribution in [2.75, 3.05) is 13.2 Å². The molecule has 0 rings (SSSR count). The zero-order valence-corrected chi connectivity index (χ0v) is 38.8. The molecule has 0 aliphatic carbocycles. The molecule has 6 nitrogen and oxygen atoms in total. The summed E-state index contributed by atoms with van der Waals surface area (Å²) < 4.78 is 16.8. The van der Waals surface area contributed by atoms with E-state index in [1.165, 1.54) is 161 Å². The lowest BCUT2D eigenvalue weighted by atomic mass is 10.0. The summed E-state index contributed by atoms with van der Waals surface area (Å²) in [4.78, 5) is 37.8. The van der Waals surface area contributed by atoms with Crippen LogP contribution in [0.3, 0.4) is 0 Å². The standard InChI is InChI=1S/C52H96O6/c1-4-7-10-13-16-19-22-24-25-26-27-28-31-33-36-39-42-45-51(54)57-48-49(58-52(55)46-43-40-37-34-29-21-18-15-12-9-6-3)47-56-50(53)44-41-38-35-32-30-23-20-17-14-11-8-5-2/h15,18,24-25,49H,4-14,16-17,19-23,26-48H2,1-3H3/b18-15-,25-24-/t49-/m0/s1. The normalized spacial score (nSPS) is 12.1. The van der Waals surface area contributed by atoms with Crippen LogP contribution in [0.5, 0.6) is 0 Å². The number of hydrogen-bond acceptors (Lipinski definition) is 6. The van der Waals surface area contributed by atoms with Crippen molar-refractivity contribution in [2.45, 2.75) is 277 Å². The highest BCUT2D eigenvalue weighted by atomic mass is 16.6. The average Bonchev–Trinajstić information content (AvgIpc) is 3.22. The molecule has 0 heterocycles. The number of allylic oxidation sites excluding steroid dienone is 4. The number of unbranched alkanes of at least 4 members (excludes halogenated alkanes) is 31. The smallest absolute Gasteiger partial charge is 0.306 e. The predicted molar refractivity (Wildman–Crippen MR) is 247 cm³/mol. The van der Waals surface area contributed by atoms with E-state index in [4.69, 9.17) is 14.2 Å². The fourth-order valence-corrected chi connectivity index (χ4v) is 7.30. The highest BCUT2D eigenvalue weighted by Gasteiger charge is 2.19. The molecule has 0 aromatic carbocycles. The molecule has 0 saturated heterocycles. The first-order valence-corrected chi connectivity index (χ1v) is 25.3. The fraction of sp³-hybridized carbons (Fsp3) is 0.865. The van der Waals surface area contributed by atoms with Crippen LogP contribution in [0, 0.1) is 0 Å². The van der Waals surface area contributed by atoms with Crippen molar-refractivity contribution in [1.29, 1.82) is 0 Å². The van der Waals surface area contributed by atoms with E-state index in [0.717, 1.165) is 70.6 Å². The molecule has 0 amide bonds. The van der Waals surface area contributed by atoms with E-state index in [-0.39, 0.29) is 31.1 Å². The van der Waals surface area contributed by atoms with Crippen LogP contribution in [0.25, 0.3) is 0 Å². The lowest BCUT2D eigenvalue weighted by Gasteiger charge is -2.18. The monoisotopic (exact) mass is 817 g/mol. The number of esters is 3. The minimum absolute atomic E-state index is 0.0726. The largest absolute Gasteiger partial charge is 0.462 e. The second kappa shape index (κ2) is 47.6. The van der Waals surface area contributed by atoms with E-state index < -0.39 is 6.10 Å². The Balaban J connectivity index is 4.31. The predicted octanol–water partition coefficient (Wildman–Crippen LogP) is 16.4. The molecule has 1 atom stereocenters. The maximum absolute atomic E-state index is 12.7. The summed E-state index contributed by atoms with van der Waals surface area (Å²) in [7, 11) is 0. The van der Waals surface area contributed by atoms with Crippen LogP contribution in [-0.4, -0.2) is 37.2 Å². The summed E-state index contributed by atoms with van der Waals surface area (Å²) in [5, 5.41) is 0. The van der Waals surface area contributed by atoms with Crippen LogP contribution < -0.4 is 0 Å². The minimum Gasteiger partial charge on any atom is -0.462 e. The Labute approximate surface area is 360 Å². The van der Waals surface area contributed by atoms with Gasteiger partial charge in [0, 0.05) is 19.3 Å². The van der Waals surface area contributed by atoms with Gasteiger partial charge in [0.05, 0.1) is 0 Å². The fourth-order valence-electron chi connectivity index (χ4n) is 7.30. The molecule has 58 heavy (non-hydrogen) atoms. The first-order chi connectivity index (χ1) is 28.5. The van der Waals surface area contributed by atoms with Crippen molar-refractivity contribution in [3.63, 3.8) is 0 Å². The second-order valence-electron chi connectivity index (χ2n) is 17.1. The topological polar surface area (TPSA) is 78.9 Å². The van der Waals surface area contributed by atoms with Crippen LogP contribution in [-0.2, 0) is 28.6 Å². The molecule has 0 aliphatic heterocycles. The third kappa shape index (κ3) is 45.0. The van der Waals surface area contributed by atoms with Gasteiger partial charge in [0.25, 0.3) is 0 Å². The Kier molecular flexibility index (Phi) is 45.8. The van der Waals surface area contributed by atoms with Gasteiger partial charge in [-0.1, -0.05) is 212 Å². The van der Waals surface area contributed by atoms with Crippen LogP contribution in [0.2, 0.25) is 0 Å². The maximum atomic E-state index is 12.7. The molecule has 0 radical (unpaired) electrons. The van der Waals surface area contributed by atoms with Gasteiger partial charge in [-0.2, -0.15) is 0 Å². The zero-order chi connectivity index (χ0) is 42.3. The highest BCUT2D eigenvalue weighted by molar-refractivity contribution is 5.71. The third-order valence-electron chi connectivity index (χ3n) is 11.2. The molecule has 0 aromatic heterocycles. The molecule has 340 valence electrons. The SMILES string of the molecule is CCCC/C=C\CCCCCCCC(=O)O[C@H](COC(=O)CCCCCCCCC/C=C\CCCCCCCC)COC(=O)CCCCCCCCCCCCCC. The van der Waals surface area contributed by atoms with Gasteiger partial charge in [-0.05, 0) is 64.2 Å². The van der Waals surface area contributed by atoms with Crippen molar-refractivity contribution >= 4 is 17.9 Å². The Bertz CT molecular complexity index is 942. The van der Waals surface area contributed by atoms with Gasteiger partial charge in [0.2, 0.25) is 0 Å². The summed E-state index contributed by atoms with van der Waals surface area (Å²) in [5.41, 5.74) is 0.